The van der Waals surface area contributed by atoms with Gasteiger partial charge in [0.15, 0.2) is 12.4 Å². The molecule has 26 heavy (non-hydrogen) atoms. The summed E-state index contributed by atoms with van der Waals surface area (Å²) in [5.41, 5.74) is 0.594. The lowest BCUT2D eigenvalue weighted by Gasteiger charge is -2.06. The predicted octanol–water partition coefficient (Wildman–Crippen LogP) is 4.07. The van der Waals surface area contributed by atoms with Gasteiger partial charge in [-0.3, -0.25) is 4.79 Å². The van der Waals surface area contributed by atoms with Crippen molar-refractivity contribution in [2.45, 2.75) is 6.18 Å². The molecule has 3 rings (SSSR count). The van der Waals surface area contributed by atoms with Crippen molar-refractivity contribution in [2.24, 2.45) is 0 Å². The minimum Gasteiger partial charge on any atom is -0.485 e. The van der Waals surface area contributed by atoms with Crippen molar-refractivity contribution >= 4 is 17.4 Å². The van der Waals surface area contributed by atoms with E-state index in [1.807, 2.05) is 0 Å². The highest BCUT2D eigenvalue weighted by atomic mass is 35.5. The fraction of sp³-hybridized carbons (Fsp3) is 0.125. The Morgan fingerprint density at radius 2 is 1.92 bits per heavy atom. The quantitative estimate of drug-likeness (QED) is 0.488. The molecule has 0 aliphatic rings. The first kappa shape index (κ1) is 17.9. The van der Waals surface area contributed by atoms with Gasteiger partial charge in [0.25, 0.3) is 0 Å². The molecule has 0 radical (unpaired) electrons. The Hall–Kier alpha value is -2.94. The number of ketones is 1. The average molecular weight is 384 g/mol. The van der Waals surface area contributed by atoms with Crippen LogP contribution in [0.5, 0.6) is 5.75 Å². The highest BCUT2D eigenvalue weighted by Gasteiger charge is 2.38. The van der Waals surface area contributed by atoms with Gasteiger partial charge in [-0.1, -0.05) is 41.0 Å². The second kappa shape index (κ2) is 7.12. The zero-order valence-electron chi connectivity index (χ0n) is 12.8. The fourth-order valence-electron chi connectivity index (χ4n) is 1.97. The van der Waals surface area contributed by atoms with Gasteiger partial charge in [-0.2, -0.15) is 18.2 Å². The zero-order chi connectivity index (χ0) is 18.7. The maximum absolute atomic E-state index is 12.5. The Kier molecular flexibility index (Phi) is 4.90. The maximum Gasteiger partial charge on any atom is 0.471 e. The van der Waals surface area contributed by atoms with E-state index in [0.717, 1.165) is 0 Å². The lowest BCUT2D eigenvalue weighted by Crippen LogP contribution is -2.11. The standard InChI is InChI=1S/C16H9ClF3N3O3/c17-13-7-11(5-6-21-13)25-8-12(24)9-1-3-10(4-2-9)14-22-15(26-23-14)16(18,19)20/h1-7H,8H2. The third kappa shape index (κ3) is 4.17. The van der Waals surface area contributed by atoms with Crippen LogP contribution in [-0.4, -0.2) is 27.5 Å². The van der Waals surface area contributed by atoms with E-state index in [0.29, 0.717) is 11.3 Å². The van der Waals surface area contributed by atoms with Crippen molar-refractivity contribution in [3.8, 4) is 17.1 Å². The summed E-state index contributed by atoms with van der Waals surface area (Å²) < 4.78 is 46.9. The molecule has 134 valence electrons. The van der Waals surface area contributed by atoms with Crippen LogP contribution in [0.25, 0.3) is 11.4 Å². The molecule has 1 aromatic carbocycles. The van der Waals surface area contributed by atoms with E-state index in [-0.39, 0.29) is 28.9 Å². The third-order valence-corrected chi connectivity index (χ3v) is 3.41. The van der Waals surface area contributed by atoms with Gasteiger partial charge in [-0.25, -0.2) is 4.98 Å². The van der Waals surface area contributed by atoms with E-state index in [4.69, 9.17) is 16.3 Å². The topological polar surface area (TPSA) is 78.1 Å². The first-order valence-corrected chi connectivity index (χ1v) is 7.49. The number of rotatable bonds is 5. The number of alkyl halides is 3. The van der Waals surface area contributed by atoms with E-state index in [1.165, 1.54) is 36.5 Å². The molecule has 0 fully saturated rings. The fourth-order valence-corrected chi connectivity index (χ4v) is 2.13. The molecule has 10 heteroatoms. The second-order valence-electron chi connectivity index (χ2n) is 5.02. The Morgan fingerprint density at radius 1 is 1.19 bits per heavy atom. The molecular formula is C16H9ClF3N3O3. The molecule has 2 aromatic heterocycles. The number of nitrogens with zero attached hydrogens (tertiary/aromatic N) is 3. The van der Waals surface area contributed by atoms with E-state index in [2.05, 4.69) is 19.6 Å². The minimum absolute atomic E-state index is 0.223. The van der Waals surface area contributed by atoms with Crippen molar-refractivity contribution in [2.75, 3.05) is 6.61 Å². The summed E-state index contributed by atoms with van der Waals surface area (Å²) in [5.74, 6) is -1.59. The number of pyridine rings is 1. The van der Waals surface area contributed by atoms with Crippen LogP contribution in [-0.2, 0) is 6.18 Å². The van der Waals surface area contributed by atoms with Gasteiger partial charge in [-0.15, -0.1) is 0 Å². The molecule has 0 amide bonds. The number of hydrogen-bond acceptors (Lipinski definition) is 6. The maximum atomic E-state index is 12.5. The average Bonchev–Trinajstić information content (AvgIpc) is 3.10. The molecule has 6 nitrogen and oxygen atoms in total. The highest BCUT2D eigenvalue weighted by Crippen LogP contribution is 2.29. The molecule has 0 aliphatic heterocycles. The molecular weight excluding hydrogens is 375 g/mol. The first-order chi connectivity index (χ1) is 12.3. The summed E-state index contributed by atoms with van der Waals surface area (Å²) in [6.45, 7) is -0.236. The molecule has 0 unspecified atom stereocenters. The van der Waals surface area contributed by atoms with E-state index >= 15 is 0 Å². The second-order valence-corrected chi connectivity index (χ2v) is 5.41. The van der Waals surface area contributed by atoms with Gasteiger partial charge in [0.2, 0.25) is 5.82 Å². The monoisotopic (exact) mass is 383 g/mol. The van der Waals surface area contributed by atoms with Crippen LogP contribution in [0.15, 0.2) is 47.1 Å². The number of halogens is 4. The molecule has 0 atom stereocenters. The van der Waals surface area contributed by atoms with Gasteiger partial charge >= 0.3 is 12.1 Å². The summed E-state index contributed by atoms with van der Waals surface area (Å²) >= 11 is 5.72. The molecule has 3 aromatic rings. The number of Topliss-reactive ketones (excluding diaryl/α,β-unsaturated/α-hetero) is 1. The molecule has 0 saturated heterocycles. The zero-order valence-corrected chi connectivity index (χ0v) is 13.6. The third-order valence-electron chi connectivity index (χ3n) is 3.20. The molecule has 0 aliphatic carbocycles. The molecule has 0 bridgehead atoms. The van der Waals surface area contributed by atoms with E-state index in [9.17, 15) is 18.0 Å². The van der Waals surface area contributed by atoms with Crippen molar-refractivity contribution in [1.29, 1.82) is 0 Å². The van der Waals surface area contributed by atoms with Crippen LogP contribution < -0.4 is 4.74 Å². The summed E-state index contributed by atoms with van der Waals surface area (Å²) in [7, 11) is 0. The largest absolute Gasteiger partial charge is 0.485 e. The highest BCUT2D eigenvalue weighted by molar-refractivity contribution is 6.29. The lowest BCUT2D eigenvalue weighted by atomic mass is 10.1. The van der Waals surface area contributed by atoms with Crippen LogP contribution in [0, 0.1) is 0 Å². The van der Waals surface area contributed by atoms with Crippen LogP contribution >= 0.6 is 11.6 Å². The van der Waals surface area contributed by atoms with Crippen molar-refractivity contribution in [1.82, 2.24) is 15.1 Å². The van der Waals surface area contributed by atoms with Gasteiger partial charge < -0.3 is 9.26 Å². The number of benzene rings is 1. The van der Waals surface area contributed by atoms with Crippen LogP contribution in [0.1, 0.15) is 16.2 Å². The van der Waals surface area contributed by atoms with Crippen molar-refractivity contribution < 1.29 is 27.2 Å². The summed E-state index contributed by atoms with van der Waals surface area (Å²) in [4.78, 5) is 19.2. The SMILES string of the molecule is O=C(COc1ccnc(Cl)c1)c1ccc(-c2noc(C(F)(F)F)n2)cc1. The number of carbonyl (C=O) groups is 1. The van der Waals surface area contributed by atoms with Crippen LogP contribution in [0.2, 0.25) is 5.15 Å². The minimum atomic E-state index is -4.71. The normalized spacial score (nSPS) is 11.4. The summed E-state index contributed by atoms with van der Waals surface area (Å²) in [5, 5.41) is 3.51. The van der Waals surface area contributed by atoms with Gasteiger partial charge in [0.05, 0.1) is 0 Å². The number of carbonyl (C=O) groups excluding carboxylic acids is 1. The Labute approximate surface area is 149 Å². The smallest absolute Gasteiger partial charge is 0.471 e. The van der Waals surface area contributed by atoms with Crippen molar-refractivity contribution in [3.05, 3.63) is 59.2 Å². The van der Waals surface area contributed by atoms with E-state index < -0.39 is 12.1 Å². The van der Waals surface area contributed by atoms with E-state index in [1.54, 1.807) is 6.07 Å². The number of hydrogen-bond donors (Lipinski definition) is 0. The Morgan fingerprint density at radius 3 is 2.54 bits per heavy atom. The van der Waals surface area contributed by atoms with Gasteiger partial charge in [-0.05, 0) is 6.07 Å². The Bertz CT molecular complexity index is 926. The molecule has 0 N–H and O–H groups in total. The predicted molar refractivity (Wildman–Crippen MR) is 83.8 cm³/mol. The molecule has 2 heterocycles. The van der Waals surface area contributed by atoms with Gasteiger partial charge in [0.1, 0.15) is 10.9 Å². The molecule has 0 spiro atoms. The lowest BCUT2D eigenvalue weighted by molar-refractivity contribution is -0.159. The molecule has 0 saturated carbocycles. The van der Waals surface area contributed by atoms with Gasteiger partial charge in [0, 0.05) is 23.4 Å². The summed E-state index contributed by atoms with van der Waals surface area (Å²) in [6.07, 6.45) is -3.27. The first-order valence-electron chi connectivity index (χ1n) is 7.12. The number of ether oxygens (including phenoxy) is 1. The summed E-state index contributed by atoms with van der Waals surface area (Å²) in [6, 6.07) is 8.72. The Balaban J connectivity index is 1.67. The van der Waals surface area contributed by atoms with Crippen LogP contribution in [0.3, 0.4) is 0 Å². The van der Waals surface area contributed by atoms with Crippen LogP contribution in [0.4, 0.5) is 13.2 Å². The number of aromatic nitrogens is 3. The van der Waals surface area contributed by atoms with Crippen molar-refractivity contribution in [3.63, 3.8) is 0 Å².